The van der Waals surface area contributed by atoms with Crippen LogP contribution in [0.25, 0.3) is 5.69 Å². The van der Waals surface area contributed by atoms with Gasteiger partial charge >= 0.3 is 12.5 Å². The number of rotatable bonds is 6. The van der Waals surface area contributed by atoms with Gasteiger partial charge < -0.3 is 14.2 Å². The minimum atomic E-state index is -5.10. The van der Waals surface area contributed by atoms with Crippen LogP contribution in [0.5, 0.6) is 5.75 Å². The van der Waals surface area contributed by atoms with E-state index in [0.717, 1.165) is 28.8 Å². The summed E-state index contributed by atoms with van der Waals surface area (Å²) in [7, 11) is 0. The maximum atomic E-state index is 13.3. The van der Waals surface area contributed by atoms with Crippen LogP contribution in [-0.2, 0) is 17.4 Å². The summed E-state index contributed by atoms with van der Waals surface area (Å²) in [6.45, 7) is 3.62. The molecule has 2 aromatic carbocycles. The van der Waals surface area contributed by atoms with Gasteiger partial charge in [-0.05, 0) is 68.2 Å². The van der Waals surface area contributed by atoms with Gasteiger partial charge in [-0.3, -0.25) is 14.2 Å². The van der Waals surface area contributed by atoms with Crippen LogP contribution in [0.15, 0.2) is 76.6 Å². The highest BCUT2D eigenvalue weighted by Gasteiger charge is 2.44. The molecule has 0 spiro atoms. The van der Waals surface area contributed by atoms with Crippen LogP contribution < -0.4 is 10.3 Å². The van der Waals surface area contributed by atoms with E-state index in [9.17, 15) is 40.5 Å². The summed E-state index contributed by atoms with van der Waals surface area (Å²) >= 11 is -1.81. The summed E-state index contributed by atoms with van der Waals surface area (Å²) in [5, 5.41) is 0. The Labute approximate surface area is 234 Å². The Kier molecular flexibility index (Phi) is 8.51. The van der Waals surface area contributed by atoms with Gasteiger partial charge in [-0.2, -0.15) is 13.2 Å². The summed E-state index contributed by atoms with van der Waals surface area (Å²) in [5.74, 6) is -1.73. The number of likely N-dealkylation sites (tertiary alicyclic amines) is 1. The average molecular weight is 601 g/mol. The second kappa shape index (κ2) is 11.4. The smallest absolute Gasteiger partial charge is 0.573 e. The zero-order valence-electron chi connectivity index (χ0n) is 22.0. The number of halogens is 6. The predicted molar refractivity (Wildman–Crippen MR) is 139 cm³/mol. The number of hydrogen-bond donors (Lipinski definition) is 0. The molecule has 1 fully saturated rings. The molecule has 1 amide bonds. The standard InChI is InChI=1S/C28H26F6N2O4S/c1-26(2,41(39)21-7-5-6-19(16-21)27(29,30)31)18-11-14-35(15-12-18)25(38)22-10-9-20(17-23(22)40-28(32,33)34)36-13-4-3-8-24(36)37/h3-10,13,16-18H,11-12,14-15H2,1-2H3. The van der Waals surface area contributed by atoms with Crippen molar-refractivity contribution < 1.29 is 40.4 Å². The molecule has 13 heteroatoms. The molecule has 0 aliphatic carbocycles. The number of alkyl halides is 6. The zero-order valence-corrected chi connectivity index (χ0v) is 22.8. The number of pyridine rings is 1. The van der Waals surface area contributed by atoms with Gasteiger partial charge in [0.2, 0.25) is 0 Å². The first-order valence-electron chi connectivity index (χ1n) is 12.5. The minimum Gasteiger partial charge on any atom is -0.611 e. The minimum absolute atomic E-state index is 0.0369. The SMILES string of the molecule is CC(C)(C1CCN(C(=O)c2ccc(-n3ccccc3=O)cc2OC(F)(F)F)CC1)[S+]([O-])c1cccc(C(F)(F)F)c1. The molecule has 0 N–H and O–H groups in total. The Hall–Kier alpha value is -3.45. The van der Waals surface area contributed by atoms with Crippen molar-refractivity contribution in [2.75, 3.05) is 13.1 Å². The first kappa shape index (κ1) is 30.5. The van der Waals surface area contributed by atoms with E-state index in [-0.39, 0.29) is 35.2 Å². The highest BCUT2D eigenvalue weighted by Crippen LogP contribution is 2.40. The number of amides is 1. The van der Waals surface area contributed by atoms with Crippen LogP contribution in [-0.4, -0.2) is 44.1 Å². The molecule has 1 atom stereocenters. The van der Waals surface area contributed by atoms with Crippen LogP contribution in [0.3, 0.4) is 0 Å². The van der Waals surface area contributed by atoms with Crippen molar-refractivity contribution in [3.63, 3.8) is 0 Å². The maximum Gasteiger partial charge on any atom is 0.573 e. The molecule has 41 heavy (non-hydrogen) atoms. The summed E-state index contributed by atoms with van der Waals surface area (Å²) in [6.07, 6.45) is -7.65. The Balaban J connectivity index is 1.52. The number of hydrogen-bond acceptors (Lipinski definition) is 4. The molecule has 0 bridgehead atoms. The van der Waals surface area contributed by atoms with Gasteiger partial charge in [-0.1, -0.05) is 12.1 Å². The fourth-order valence-corrected chi connectivity index (χ4v) is 6.46. The summed E-state index contributed by atoms with van der Waals surface area (Å²) in [4.78, 5) is 26.8. The first-order valence-corrected chi connectivity index (χ1v) is 13.7. The second-order valence-electron chi connectivity index (χ2n) is 10.1. The van der Waals surface area contributed by atoms with E-state index in [1.807, 2.05) is 0 Å². The van der Waals surface area contributed by atoms with Crippen LogP contribution in [0.2, 0.25) is 0 Å². The zero-order chi connectivity index (χ0) is 30.2. The van der Waals surface area contributed by atoms with Crippen molar-refractivity contribution in [1.29, 1.82) is 0 Å². The summed E-state index contributed by atoms with van der Waals surface area (Å²) < 4.78 is 96.8. The molecule has 0 saturated carbocycles. The largest absolute Gasteiger partial charge is 0.611 e. The van der Waals surface area contributed by atoms with E-state index in [4.69, 9.17) is 0 Å². The maximum absolute atomic E-state index is 13.3. The Morgan fingerprint density at radius 1 is 0.951 bits per heavy atom. The van der Waals surface area contributed by atoms with Gasteiger partial charge in [-0.15, -0.1) is 13.2 Å². The highest BCUT2D eigenvalue weighted by atomic mass is 32.2. The lowest BCUT2D eigenvalue weighted by atomic mass is 9.85. The molecule has 1 aliphatic rings. The predicted octanol–water partition coefficient (Wildman–Crippen LogP) is 6.19. The van der Waals surface area contributed by atoms with Gasteiger partial charge in [0, 0.05) is 43.4 Å². The fraction of sp³-hybridized carbons (Fsp3) is 0.357. The number of aromatic nitrogens is 1. The Morgan fingerprint density at radius 2 is 1.63 bits per heavy atom. The number of carbonyl (C=O) groups excluding carboxylic acids is 1. The number of benzene rings is 2. The molecule has 1 aliphatic heterocycles. The van der Waals surface area contributed by atoms with Crippen molar-refractivity contribution in [3.8, 4) is 11.4 Å². The first-order chi connectivity index (χ1) is 19.1. The molecular formula is C28H26F6N2O4S. The van der Waals surface area contributed by atoms with E-state index < -0.39 is 51.2 Å². The Bertz CT molecular complexity index is 1460. The van der Waals surface area contributed by atoms with Gasteiger partial charge in [0.05, 0.1) is 16.8 Å². The molecule has 220 valence electrons. The molecule has 3 aromatic rings. The number of nitrogens with zero attached hydrogens (tertiary/aromatic N) is 2. The van der Waals surface area contributed by atoms with Crippen molar-refractivity contribution >= 4 is 17.1 Å². The molecule has 1 saturated heterocycles. The molecule has 0 radical (unpaired) electrons. The quantitative estimate of drug-likeness (QED) is 0.250. The van der Waals surface area contributed by atoms with Crippen molar-refractivity contribution in [2.45, 2.75) is 48.9 Å². The summed E-state index contributed by atoms with van der Waals surface area (Å²) in [5.41, 5.74) is -1.67. The van der Waals surface area contributed by atoms with E-state index in [0.29, 0.717) is 12.8 Å². The average Bonchev–Trinajstić information content (AvgIpc) is 2.91. The lowest BCUT2D eigenvalue weighted by Gasteiger charge is -2.41. The second-order valence-corrected chi connectivity index (χ2v) is 12.2. The van der Waals surface area contributed by atoms with Crippen LogP contribution in [0, 0.1) is 5.92 Å². The van der Waals surface area contributed by atoms with Gasteiger partial charge in [0.1, 0.15) is 10.5 Å². The number of ether oxygens (including phenoxy) is 1. The molecular weight excluding hydrogens is 574 g/mol. The molecule has 1 aromatic heterocycles. The van der Waals surface area contributed by atoms with Crippen LogP contribution >= 0.6 is 0 Å². The normalized spacial score (nSPS) is 16.0. The van der Waals surface area contributed by atoms with Crippen LogP contribution in [0.1, 0.15) is 42.6 Å². The highest BCUT2D eigenvalue weighted by molar-refractivity contribution is 7.92. The third kappa shape index (κ3) is 6.89. The van der Waals surface area contributed by atoms with Crippen molar-refractivity contribution in [3.05, 3.63) is 88.3 Å². The van der Waals surface area contributed by atoms with E-state index in [1.54, 1.807) is 13.8 Å². The fourth-order valence-electron chi connectivity index (χ4n) is 4.88. The van der Waals surface area contributed by atoms with E-state index in [2.05, 4.69) is 4.74 Å². The molecule has 6 nitrogen and oxygen atoms in total. The monoisotopic (exact) mass is 600 g/mol. The topological polar surface area (TPSA) is 74.6 Å². The molecule has 1 unspecified atom stereocenters. The molecule has 2 heterocycles. The third-order valence-electron chi connectivity index (χ3n) is 7.14. The lowest BCUT2D eigenvalue weighted by Crippen LogP contribution is -2.47. The number of piperidine rings is 1. The third-order valence-corrected chi connectivity index (χ3v) is 9.11. The lowest BCUT2D eigenvalue weighted by molar-refractivity contribution is -0.274. The van der Waals surface area contributed by atoms with Crippen LogP contribution in [0.4, 0.5) is 26.3 Å². The van der Waals surface area contributed by atoms with Crippen molar-refractivity contribution in [1.82, 2.24) is 9.47 Å². The molecule has 4 rings (SSSR count). The van der Waals surface area contributed by atoms with Gasteiger partial charge in [-0.25, -0.2) is 0 Å². The van der Waals surface area contributed by atoms with Crippen molar-refractivity contribution in [2.24, 2.45) is 5.92 Å². The summed E-state index contributed by atoms with van der Waals surface area (Å²) in [6, 6.07) is 12.0. The number of carbonyl (C=O) groups is 1. The van der Waals surface area contributed by atoms with Gasteiger partial charge in [0.25, 0.3) is 11.5 Å². The van der Waals surface area contributed by atoms with E-state index >= 15 is 0 Å². The van der Waals surface area contributed by atoms with Gasteiger partial charge in [0.15, 0.2) is 4.90 Å². The Morgan fingerprint density at radius 3 is 2.24 bits per heavy atom. The van der Waals surface area contributed by atoms with E-state index in [1.165, 1.54) is 47.5 Å².